The number of nitro groups is 1. The quantitative estimate of drug-likeness (QED) is 0.453. The summed E-state index contributed by atoms with van der Waals surface area (Å²) < 4.78 is 30.8. The number of methoxy groups -OCH3 is 1. The average molecular weight is 303 g/mol. The molecule has 0 unspecified atom stereocenters. The number of nitrogens with zero attached hydrogens (tertiary/aromatic N) is 2. The third kappa shape index (κ3) is 3.44. The molecule has 20 heavy (non-hydrogen) atoms. The third-order valence-corrected chi connectivity index (χ3v) is 4.70. The van der Waals surface area contributed by atoms with Crippen LogP contribution in [0.5, 0.6) is 0 Å². The first-order valence-electron chi connectivity index (χ1n) is 5.87. The molecule has 112 valence electrons. The second-order valence-corrected chi connectivity index (χ2v) is 5.91. The summed E-state index contributed by atoms with van der Waals surface area (Å²) in [6.07, 6.45) is 0. The predicted molar refractivity (Wildman–Crippen MR) is 73.8 cm³/mol. The van der Waals surface area contributed by atoms with Gasteiger partial charge in [-0.25, -0.2) is 8.42 Å². The number of sulfonamides is 1. The molecule has 0 spiro atoms. The molecule has 8 nitrogen and oxygen atoms in total. The Kier molecular flexibility index (Phi) is 5.43. The lowest BCUT2D eigenvalue weighted by atomic mass is 10.3. The van der Waals surface area contributed by atoms with E-state index < -0.39 is 20.6 Å². The summed E-state index contributed by atoms with van der Waals surface area (Å²) in [5, 5.41) is 10.8. The first-order valence-corrected chi connectivity index (χ1v) is 7.31. The number of hydrogen-bond acceptors (Lipinski definition) is 6. The molecule has 0 amide bonds. The van der Waals surface area contributed by atoms with Crippen LogP contribution in [-0.4, -0.2) is 44.5 Å². The van der Waals surface area contributed by atoms with E-state index in [1.165, 1.54) is 23.5 Å². The Bertz CT molecular complexity index is 588. The smallest absolute Gasteiger partial charge is 0.293 e. The largest absolute Gasteiger partial charge is 0.393 e. The van der Waals surface area contributed by atoms with E-state index in [4.69, 9.17) is 10.5 Å². The number of hydrogen-bond donors (Lipinski definition) is 1. The van der Waals surface area contributed by atoms with Gasteiger partial charge in [0, 0.05) is 26.3 Å². The van der Waals surface area contributed by atoms with Crippen LogP contribution in [0.25, 0.3) is 0 Å². The number of benzene rings is 1. The summed E-state index contributed by atoms with van der Waals surface area (Å²) in [4.78, 5) is 9.94. The third-order valence-electron chi connectivity index (χ3n) is 2.73. The van der Waals surface area contributed by atoms with Crippen molar-refractivity contribution in [3.63, 3.8) is 0 Å². The maximum atomic E-state index is 12.4. The first-order chi connectivity index (χ1) is 9.34. The lowest BCUT2D eigenvalue weighted by Gasteiger charge is -2.20. The molecule has 0 atom stereocenters. The fraction of sp³-hybridized carbons (Fsp3) is 0.455. The molecule has 1 aromatic carbocycles. The van der Waals surface area contributed by atoms with Crippen molar-refractivity contribution in [3.05, 3.63) is 28.3 Å². The van der Waals surface area contributed by atoms with Crippen LogP contribution >= 0.6 is 0 Å². The van der Waals surface area contributed by atoms with Crippen molar-refractivity contribution < 1.29 is 18.1 Å². The van der Waals surface area contributed by atoms with Crippen molar-refractivity contribution in [2.45, 2.75) is 11.8 Å². The van der Waals surface area contributed by atoms with Gasteiger partial charge in [0.15, 0.2) is 0 Å². The van der Waals surface area contributed by atoms with Gasteiger partial charge in [0.05, 0.1) is 16.4 Å². The molecule has 9 heteroatoms. The molecule has 0 aliphatic rings. The molecule has 0 fully saturated rings. The fourth-order valence-corrected chi connectivity index (χ4v) is 3.09. The van der Waals surface area contributed by atoms with Gasteiger partial charge in [0.1, 0.15) is 5.69 Å². The van der Waals surface area contributed by atoms with Gasteiger partial charge in [0.25, 0.3) is 5.69 Å². The number of anilines is 1. The number of rotatable bonds is 7. The number of ether oxygens (including phenoxy) is 1. The van der Waals surface area contributed by atoms with E-state index in [2.05, 4.69) is 0 Å². The van der Waals surface area contributed by atoms with Crippen LogP contribution in [0.3, 0.4) is 0 Å². The van der Waals surface area contributed by atoms with E-state index in [1.807, 2.05) is 0 Å². The van der Waals surface area contributed by atoms with Crippen LogP contribution < -0.4 is 5.73 Å². The van der Waals surface area contributed by atoms with E-state index >= 15 is 0 Å². The van der Waals surface area contributed by atoms with Gasteiger partial charge in [-0.1, -0.05) is 6.92 Å². The van der Waals surface area contributed by atoms with E-state index in [1.54, 1.807) is 6.92 Å². The van der Waals surface area contributed by atoms with E-state index in [-0.39, 0.29) is 30.3 Å². The van der Waals surface area contributed by atoms with Crippen LogP contribution in [0.1, 0.15) is 6.92 Å². The lowest BCUT2D eigenvalue weighted by molar-refractivity contribution is -0.384. The molecule has 2 N–H and O–H groups in total. The van der Waals surface area contributed by atoms with Crippen LogP contribution in [0.4, 0.5) is 11.4 Å². The Labute approximate surface area is 117 Å². The minimum absolute atomic E-state index is 0.0751. The van der Waals surface area contributed by atoms with Gasteiger partial charge in [-0.2, -0.15) is 4.31 Å². The van der Waals surface area contributed by atoms with Crippen molar-refractivity contribution in [3.8, 4) is 0 Å². The molecule has 0 aliphatic heterocycles. The Balaban J connectivity index is 3.20. The fourth-order valence-electron chi connectivity index (χ4n) is 1.63. The first kappa shape index (κ1) is 16.3. The SMILES string of the molecule is CCN(CCOC)S(=O)(=O)c1ccc(N)c([N+](=O)[O-])c1. The zero-order valence-electron chi connectivity index (χ0n) is 11.3. The highest BCUT2D eigenvalue weighted by Gasteiger charge is 2.25. The van der Waals surface area contributed by atoms with E-state index in [0.717, 1.165) is 6.07 Å². The van der Waals surface area contributed by atoms with Crippen molar-refractivity contribution in [2.75, 3.05) is 32.5 Å². The summed E-state index contributed by atoms with van der Waals surface area (Å²) >= 11 is 0. The molecule has 0 heterocycles. The second kappa shape index (κ2) is 6.64. The van der Waals surface area contributed by atoms with Gasteiger partial charge >= 0.3 is 0 Å². The van der Waals surface area contributed by atoms with E-state index in [9.17, 15) is 18.5 Å². The molecule has 0 aromatic heterocycles. The molecule has 0 saturated heterocycles. The van der Waals surface area contributed by atoms with Gasteiger partial charge in [-0.3, -0.25) is 10.1 Å². The Morgan fingerprint density at radius 3 is 2.60 bits per heavy atom. The number of nitro benzene ring substituents is 1. The minimum Gasteiger partial charge on any atom is -0.393 e. The molecule has 1 aromatic rings. The monoisotopic (exact) mass is 303 g/mol. The highest BCUT2D eigenvalue weighted by Crippen LogP contribution is 2.26. The molecule has 1 rings (SSSR count). The zero-order chi connectivity index (χ0) is 15.3. The Morgan fingerprint density at radius 2 is 2.10 bits per heavy atom. The summed E-state index contributed by atoms with van der Waals surface area (Å²) in [6, 6.07) is 3.45. The summed E-state index contributed by atoms with van der Waals surface area (Å²) in [5.41, 5.74) is 4.95. The Morgan fingerprint density at radius 1 is 1.45 bits per heavy atom. The molecule has 0 saturated carbocycles. The highest BCUT2D eigenvalue weighted by atomic mass is 32.2. The highest BCUT2D eigenvalue weighted by molar-refractivity contribution is 7.89. The molecule has 0 bridgehead atoms. The van der Waals surface area contributed by atoms with Crippen LogP contribution in [-0.2, 0) is 14.8 Å². The number of nitrogen functional groups attached to an aromatic ring is 1. The van der Waals surface area contributed by atoms with Crippen molar-refractivity contribution in [1.82, 2.24) is 4.31 Å². The van der Waals surface area contributed by atoms with Crippen molar-refractivity contribution in [2.24, 2.45) is 0 Å². The summed E-state index contributed by atoms with van der Waals surface area (Å²) in [5.74, 6) is 0. The number of likely N-dealkylation sites (N-methyl/N-ethyl adjacent to an activating group) is 1. The lowest BCUT2D eigenvalue weighted by Crippen LogP contribution is -2.33. The molecule has 0 aliphatic carbocycles. The van der Waals surface area contributed by atoms with Crippen LogP contribution in [0.2, 0.25) is 0 Å². The maximum Gasteiger partial charge on any atom is 0.293 e. The predicted octanol–water partition coefficient (Wildman–Crippen LogP) is 0.834. The van der Waals surface area contributed by atoms with Gasteiger partial charge in [0.2, 0.25) is 10.0 Å². The van der Waals surface area contributed by atoms with Gasteiger partial charge in [-0.05, 0) is 12.1 Å². The molecular formula is C11H17N3O5S. The van der Waals surface area contributed by atoms with E-state index in [0.29, 0.717) is 0 Å². The minimum atomic E-state index is -3.80. The van der Waals surface area contributed by atoms with Crippen molar-refractivity contribution >= 4 is 21.4 Å². The average Bonchev–Trinajstić information content (AvgIpc) is 2.39. The number of nitrogens with two attached hydrogens (primary N) is 1. The summed E-state index contributed by atoms with van der Waals surface area (Å²) in [7, 11) is -2.34. The zero-order valence-corrected chi connectivity index (χ0v) is 12.1. The standard InChI is InChI=1S/C11H17N3O5S/c1-3-13(6-7-19-2)20(17,18)9-4-5-10(12)11(8-9)14(15)16/h4-5,8H,3,6-7,12H2,1-2H3. The molecular weight excluding hydrogens is 286 g/mol. The normalized spacial score (nSPS) is 11.8. The Hall–Kier alpha value is -1.71. The molecule has 0 radical (unpaired) electrons. The topological polar surface area (TPSA) is 116 Å². The van der Waals surface area contributed by atoms with Crippen molar-refractivity contribution in [1.29, 1.82) is 0 Å². The van der Waals surface area contributed by atoms with Crippen LogP contribution in [0, 0.1) is 10.1 Å². The maximum absolute atomic E-state index is 12.4. The van der Waals surface area contributed by atoms with Crippen LogP contribution in [0.15, 0.2) is 23.1 Å². The summed E-state index contributed by atoms with van der Waals surface area (Å²) in [6.45, 7) is 2.33. The second-order valence-electron chi connectivity index (χ2n) is 3.97. The van der Waals surface area contributed by atoms with Gasteiger partial charge < -0.3 is 10.5 Å². The van der Waals surface area contributed by atoms with Gasteiger partial charge in [-0.15, -0.1) is 0 Å².